The van der Waals surface area contributed by atoms with Gasteiger partial charge in [0.05, 0.1) is 0 Å². The van der Waals surface area contributed by atoms with Crippen LogP contribution in [-0.4, -0.2) is 17.2 Å². The number of hydrogen-bond acceptors (Lipinski definition) is 2. The van der Waals surface area contributed by atoms with E-state index in [1.807, 2.05) is 6.08 Å². The molecule has 2 nitrogen and oxygen atoms in total. The summed E-state index contributed by atoms with van der Waals surface area (Å²) < 4.78 is 0. The van der Waals surface area contributed by atoms with E-state index in [1.54, 1.807) is 0 Å². The van der Waals surface area contributed by atoms with Gasteiger partial charge in [0.25, 0.3) is 0 Å². The molecule has 82 valence electrons. The van der Waals surface area contributed by atoms with Gasteiger partial charge in [0.1, 0.15) is 0 Å². The SMILES string of the molecule is C=CCCCCCCCCCB(O)O. The Hall–Kier alpha value is -0.275. The fourth-order valence-electron chi connectivity index (χ4n) is 1.50. The van der Waals surface area contributed by atoms with Crippen molar-refractivity contribution in [2.45, 2.75) is 57.7 Å². The summed E-state index contributed by atoms with van der Waals surface area (Å²) in [6.45, 7) is 3.69. The van der Waals surface area contributed by atoms with Crippen molar-refractivity contribution in [3.8, 4) is 0 Å². The lowest BCUT2D eigenvalue weighted by Crippen LogP contribution is -2.09. The first-order valence-electron chi connectivity index (χ1n) is 5.74. The average molecular weight is 198 g/mol. The van der Waals surface area contributed by atoms with Crippen molar-refractivity contribution >= 4 is 7.12 Å². The number of hydrogen-bond donors (Lipinski definition) is 2. The predicted molar refractivity (Wildman–Crippen MR) is 62.1 cm³/mol. The summed E-state index contributed by atoms with van der Waals surface area (Å²) in [7, 11) is -1.11. The maximum atomic E-state index is 8.60. The Balaban J connectivity index is 2.88. The van der Waals surface area contributed by atoms with Gasteiger partial charge in [0.2, 0.25) is 0 Å². The summed E-state index contributed by atoms with van der Waals surface area (Å²) in [6, 6.07) is 0. The van der Waals surface area contributed by atoms with Crippen LogP contribution in [-0.2, 0) is 0 Å². The van der Waals surface area contributed by atoms with Crippen molar-refractivity contribution in [3.05, 3.63) is 12.7 Å². The van der Waals surface area contributed by atoms with Crippen LogP contribution in [0.15, 0.2) is 12.7 Å². The first kappa shape index (κ1) is 13.7. The lowest BCUT2D eigenvalue weighted by molar-refractivity contribution is 0.401. The maximum absolute atomic E-state index is 8.60. The Morgan fingerprint density at radius 1 is 0.857 bits per heavy atom. The van der Waals surface area contributed by atoms with Gasteiger partial charge in [-0.25, -0.2) is 0 Å². The molecule has 0 aromatic carbocycles. The van der Waals surface area contributed by atoms with Crippen LogP contribution >= 0.6 is 0 Å². The largest absolute Gasteiger partial charge is 0.451 e. The van der Waals surface area contributed by atoms with E-state index in [0.717, 1.165) is 19.3 Å². The quantitative estimate of drug-likeness (QED) is 0.322. The van der Waals surface area contributed by atoms with Crippen LogP contribution in [0.25, 0.3) is 0 Å². The molecule has 0 radical (unpaired) electrons. The zero-order chi connectivity index (χ0) is 10.6. The van der Waals surface area contributed by atoms with Gasteiger partial charge in [0.15, 0.2) is 0 Å². The molecule has 0 saturated carbocycles. The summed E-state index contributed by atoms with van der Waals surface area (Å²) in [6.07, 6.45) is 12.1. The normalized spacial score (nSPS) is 10.1. The van der Waals surface area contributed by atoms with Crippen molar-refractivity contribution in [2.75, 3.05) is 0 Å². The fraction of sp³-hybridized carbons (Fsp3) is 0.818. The highest BCUT2D eigenvalue weighted by Crippen LogP contribution is 2.10. The van der Waals surface area contributed by atoms with Crippen molar-refractivity contribution in [2.24, 2.45) is 0 Å². The zero-order valence-electron chi connectivity index (χ0n) is 9.12. The smallest absolute Gasteiger partial charge is 0.427 e. The lowest BCUT2D eigenvalue weighted by atomic mass is 9.83. The molecule has 0 spiro atoms. The first-order chi connectivity index (χ1) is 6.77. The number of rotatable bonds is 10. The van der Waals surface area contributed by atoms with E-state index in [4.69, 9.17) is 10.0 Å². The van der Waals surface area contributed by atoms with Crippen LogP contribution in [0.1, 0.15) is 51.4 Å². The molecule has 3 heteroatoms. The van der Waals surface area contributed by atoms with Gasteiger partial charge in [-0.3, -0.25) is 0 Å². The van der Waals surface area contributed by atoms with Crippen molar-refractivity contribution in [1.82, 2.24) is 0 Å². The third-order valence-electron chi connectivity index (χ3n) is 2.37. The second-order valence-electron chi connectivity index (χ2n) is 3.82. The van der Waals surface area contributed by atoms with E-state index in [-0.39, 0.29) is 0 Å². The second kappa shape index (κ2) is 10.8. The molecule has 0 aromatic rings. The van der Waals surface area contributed by atoms with Gasteiger partial charge in [0, 0.05) is 0 Å². The summed E-state index contributed by atoms with van der Waals surface area (Å²) in [5.41, 5.74) is 0. The van der Waals surface area contributed by atoms with E-state index >= 15 is 0 Å². The zero-order valence-corrected chi connectivity index (χ0v) is 9.12. The van der Waals surface area contributed by atoms with Crippen molar-refractivity contribution in [1.29, 1.82) is 0 Å². The molecule has 0 atom stereocenters. The van der Waals surface area contributed by atoms with Crippen LogP contribution in [0.5, 0.6) is 0 Å². The molecule has 0 aliphatic rings. The number of unbranched alkanes of at least 4 members (excludes halogenated alkanes) is 7. The molecule has 0 aliphatic heterocycles. The highest BCUT2D eigenvalue weighted by Gasteiger charge is 2.04. The maximum Gasteiger partial charge on any atom is 0.451 e. The lowest BCUT2D eigenvalue weighted by Gasteiger charge is -2.01. The summed E-state index contributed by atoms with van der Waals surface area (Å²) >= 11 is 0. The van der Waals surface area contributed by atoms with Gasteiger partial charge < -0.3 is 10.0 Å². The van der Waals surface area contributed by atoms with Crippen LogP contribution in [0, 0.1) is 0 Å². The van der Waals surface area contributed by atoms with Crippen LogP contribution < -0.4 is 0 Å². The van der Waals surface area contributed by atoms with Gasteiger partial charge in [-0.1, -0.05) is 44.6 Å². The van der Waals surface area contributed by atoms with E-state index in [1.165, 1.54) is 32.1 Å². The Labute approximate surface area is 88.2 Å². The molecule has 0 saturated heterocycles. The minimum absolute atomic E-state index is 0.524. The van der Waals surface area contributed by atoms with E-state index < -0.39 is 7.12 Å². The van der Waals surface area contributed by atoms with E-state index in [0.29, 0.717) is 6.32 Å². The van der Waals surface area contributed by atoms with E-state index in [2.05, 4.69) is 6.58 Å². The van der Waals surface area contributed by atoms with Gasteiger partial charge >= 0.3 is 7.12 Å². The summed E-state index contributed by atoms with van der Waals surface area (Å²) in [4.78, 5) is 0. The third kappa shape index (κ3) is 11.7. The first-order valence-corrected chi connectivity index (χ1v) is 5.74. The van der Waals surface area contributed by atoms with Crippen LogP contribution in [0.3, 0.4) is 0 Å². The molecule has 0 bridgehead atoms. The summed E-state index contributed by atoms with van der Waals surface area (Å²) in [5, 5.41) is 17.2. The average Bonchev–Trinajstić information content (AvgIpc) is 2.15. The molecule has 0 aliphatic carbocycles. The minimum atomic E-state index is -1.11. The molecule has 0 fully saturated rings. The molecular formula is C11H23BO2. The molecule has 0 unspecified atom stereocenters. The topological polar surface area (TPSA) is 40.5 Å². The Kier molecular flexibility index (Phi) is 10.6. The molecule has 0 aromatic heterocycles. The minimum Gasteiger partial charge on any atom is -0.427 e. The Morgan fingerprint density at radius 2 is 1.36 bits per heavy atom. The van der Waals surface area contributed by atoms with Gasteiger partial charge in [-0.15, -0.1) is 6.58 Å². The summed E-state index contributed by atoms with van der Waals surface area (Å²) in [5.74, 6) is 0. The monoisotopic (exact) mass is 198 g/mol. The molecule has 0 amide bonds. The molecule has 14 heavy (non-hydrogen) atoms. The highest BCUT2D eigenvalue weighted by molar-refractivity contribution is 6.40. The highest BCUT2D eigenvalue weighted by atomic mass is 16.4. The Bertz CT molecular complexity index is 126. The standard InChI is InChI=1S/C11H23BO2/c1-2-3-4-5-6-7-8-9-10-11-12(13)14/h2,13-14H,1,3-11H2. The van der Waals surface area contributed by atoms with Crippen molar-refractivity contribution < 1.29 is 10.0 Å². The predicted octanol–water partition coefficient (Wildman–Crippen LogP) is 2.77. The van der Waals surface area contributed by atoms with E-state index in [9.17, 15) is 0 Å². The number of allylic oxidation sites excluding steroid dienone is 1. The second-order valence-corrected chi connectivity index (χ2v) is 3.82. The molecular weight excluding hydrogens is 175 g/mol. The third-order valence-corrected chi connectivity index (χ3v) is 2.37. The van der Waals surface area contributed by atoms with Crippen LogP contribution in [0.4, 0.5) is 0 Å². The molecule has 0 heterocycles. The molecule has 0 rings (SSSR count). The Morgan fingerprint density at radius 3 is 1.86 bits per heavy atom. The van der Waals surface area contributed by atoms with Crippen LogP contribution in [0.2, 0.25) is 6.32 Å². The van der Waals surface area contributed by atoms with Gasteiger partial charge in [-0.05, 0) is 19.2 Å². The van der Waals surface area contributed by atoms with Gasteiger partial charge in [-0.2, -0.15) is 0 Å². The fourth-order valence-corrected chi connectivity index (χ4v) is 1.50. The molecule has 2 N–H and O–H groups in total. The van der Waals surface area contributed by atoms with Crippen molar-refractivity contribution in [3.63, 3.8) is 0 Å².